The Morgan fingerprint density at radius 1 is 1.08 bits per heavy atom. The highest BCUT2D eigenvalue weighted by molar-refractivity contribution is 5.84. The van der Waals surface area contributed by atoms with E-state index in [4.69, 9.17) is 19.9 Å². The summed E-state index contributed by atoms with van der Waals surface area (Å²) in [7, 11) is 0. The van der Waals surface area contributed by atoms with Gasteiger partial charge in [-0.2, -0.15) is 0 Å². The molecule has 9 heteroatoms. The molecule has 9 nitrogen and oxygen atoms in total. The normalized spacial score (nSPS) is 13.8. The molecule has 190 valence electrons. The van der Waals surface area contributed by atoms with Crippen molar-refractivity contribution in [3.63, 3.8) is 0 Å². The predicted molar refractivity (Wildman–Crippen MR) is 138 cm³/mol. The lowest BCUT2D eigenvalue weighted by Gasteiger charge is -2.18. The number of ether oxygens (including phenoxy) is 3. The Morgan fingerprint density at radius 2 is 1.92 bits per heavy atom. The number of nitrogens with zero attached hydrogens (tertiary/aromatic N) is 3. The number of pyridine rings is 1. The van der Waals surface area contributed by atoms with E-state index in [0.29, 0.717) is 24.7 Å². The minimum atomic E-state index is -0.611. The number of rotatable bonds is 11. The van der Waals surface area contributed by atoms with E-state index in [2.05, 4.69) is 33.2 Å². The lowest BCUT2D eigenvalue weighted by atomic mass is 9.98. The van der Waals surface area contributed by atoms with Crippen LogP contribution in [0.3, 0.4) is 0 Å². The van der Waals surface area contributed by atoms with Crippen molar-refractivity contribution < 1.29 is 19.0 Å². The Morgan fingerprint density at radius 3 is 2.68 bits per heavy atom. The molecule has 0 spiro atoms. The number of H-pyrrole nitrogens is 1. The molecule has 0 amide bonds. The molecule has 1 aliphatic rings. The molecular weight excluding hydrogens is 470 g/mol. The van der Waals surface area contributed by atoms with Crippen LogP contribution >= 0.6 is 0 Å². The zero-order valence-corrected chi connectivity index (χ0v) is 20.6. The molecule has 1 fully saturated rings. The molecular formula is C28H29N5O4. The van der Waals surface area contributed by atoms with Crippen molar-refractivity contribution in [2.45, 2.75) is 38.2 Å². The lowest BCUT2D eigenvalue weighted by molar-refractivity contribution is -0.0899. The molecule has 0 radical (unpaired) electrons. The molecule has 0 bridgehead atoms. The van der Waals surface area contributed by atoms with Crippen molar-refractivity contribution >= 4 is 11.8 Å². The SMILES string of the molecule is CCc1ccc(OCC2(OCOC(=O)c3nnc(Cc4ccccc4)[nH]3)CC2)cc1-c1ccnc(N)c1. The maximum atomic E-state index is 12.4. The monoisotopic (exact) mass is 499 g/mol. The van der Waals surface area contributed by atoms with E-state index < -0.39 is 11.6 Å². The molecule has 0 atom stereocenters. The second-order valence-corrected chi connectivity index (χ2v) is 9.09. The number of nitrogen functional groups attached to an aromatic ring is 1. The summed E-state index contributed by atoms with van der Waals surface area (Å²) in [6.45, 7) is 2.28. The summed E-state index contributed by atoms with van der Waals surface area (Å²) in [5, 5.41) is 7.93. The van der Waals surface area contributed by atoms with Gasteiger partial charge in [-0.15, -0.1) is 10.2 Å². The molecule has 37 heavy (non-hydrogen) atoms. The third-order valence-electron chi connectivity index (χ3n) is 6.36. The van der Waals surface area contributed by atoms with Gasteiger partial charge < -0.3 is 24.9 Å². The third kappa shape index (κ3) is 6.13. The first-order chi connectivity index (χ1) is 18.0. The molecule has 3 N–H and O–H groups in total. The molecule has 2 aromatic carbocycles. The molecule has 2 heterocycles. The van der Waals surface area contributed by atoms with Crippen molar-refractivity contribution in [3.8, 4) is 16.9 Å². The average Bonchev–Trinajstić information content (AvgIpc) is 3.54. The van der Waals surface area contributed by atoms with Gasteiger partial charge >= 0.3 is 5.97 Å². The van der Waals surface area contributed by atoms with E-state index >= 15 is 0 Å². The van der Waals surface area contributed by atoms with Crippen molar-refractivity contribution in [1.82, 2.24) is 20.2 Å². The van der Waals surface area contributed by atoms with Crippen LogP contribution in [0, 0.1) is 0 Å². The largest absolute Gasteiger partial charge is 0.491 e. The van der Waals surface area contributed by atoms with Gasteiger partial charge in [0.25, 0.3) is 0 Å². The number of nitrogens with one attached hydrogen (secondary N) is 1. The molecule has 4 aromatic rings. The van der Waals surface area contributed by atoms with Crippen molar-refractivity contribution in [3.05, 3.63) is 89.6 Å². The first kappa shape index (κ1) is 24.5. The zero-order valence-electron chi connectivity index (χ0n) is 20.6. The second-order valence-electron chi connectivity index (χ2n) is 9.09. The molecule has 1 saturated carbocycles. The third-order valence-corrected chi connectivity index (χ3v) is 6.36. The molecule has 0 unspecified atom stereocenters. The summed E-state index contributed by atoms with van der Waals surface area (Å²) in [6, 6.07) is 19.7. The summed E-state index contributed by atoms with van der Waals surface area (Å²) in [4.78, 5) is 19.4. The number of anilines is 1. The molecule has 0 aliphatic heterocycles. The fraction of sp³-hybridized carbons (Fsp3) is 0.286. The highest BCUT2D eigenvalue weighted by Gasteiger charge is 2.45. The Balaban J connectivity index is 1.13. The number of aryl methyl sites for hydroxylation is 1. The Labute approximate surface area is 215 Å². The van der Waals surface area contributed by atoms with Gasteiger partial charge in [0, 0.05) is 12.6 Å². The van der Waals surface area contributed by atoms with Gasteiger partial charge in [0.2, 0.25) is 5.82 Å². The number of hydrogen-bond donors (Lipinski definition) is 2. The van der Waals surface area contributed by atoms with Gasteiger partial charge in [0.1, 0.15) is 29.6 Å². The van der Waals surface area contributed by atoms with E-state index in [1.54, 1.807) is 6.20 Å². The van der Waals surface area contributed by atoms with E-state index in [0.717, 1.165) is 41.7 Å². The summed E-state index contributed by atoms with van der Waals surface area (Å²) in [5.74, 6) is 1.25. The van der Waals surface area contributed by atoms with E-state index in [-0.39, 0.29) is 12.6 Å². The summed E-state index contributed by atoms with van der Waals surface area (Å²) < 4.78 is 17.2. The number of carbonyl (C=O) groups is 1. The van der Waals surface area contributed by atoms with Crippen LogP contribution in [0.15, 0.2) is 66.9 Å². The topological polar surface area (TPSA) is 125 Å². The van der Waals surface area contributed by atoms with Gasteiger partial charge in [0.15, 0.2) is 6.79 Å². The average molecular weight is 500 g/mol. The van der Waals surface area contributed by atoms with Gasteiger partial charge in [0.05, 0.1) is 0 Å². The molecule has 0 saturated heterocycles. The maximum Gasteiger partial charge on any atom is 0.378 e. The number of esters is 1. The maximum absolute atomic E-state index is 12.4. The van der Waals surface area contributed by atoms with E-state index in [9.17, 15) is 4.79 Å². The van der Waals surface area contributed by atoms with E-state index in [1.807, 2.05) is 54.6 Å². The van der Waals surface area contributed by atoms with Gasteiger partial charge in [-0.25, -0.2) is 9.78 Å². The smallest absolute Gasteiger partial charge is 0.378 e. The fourth-order valence-corrected chi connectivity index (χ4v) is 4.06. The number of benzene rings is 2. The molecule has 2 aromatic heterocycles. The van der Waals surface area contributed by atoms with Crippen molar-refractivity contribution in [2.24, 2.45) is 0 Å². The second kappa shape index (κ2) is 10.8. The molecule has 1 aliphatic carbocycles. The predicted octanol–water partition coefficient (Wildman–Crippen LogP) is 4.34. The number of carbonyl (C=O) groups excluding carboxylic acids is 1. The number of aromatic nitrogens is 4. The van der Waals surface area contributed by atoms with Crippen LogP contribution in [0.1, 0.15) is 47.3 Å². The van der Waals surface area contributed by atoms with Crippen molar-refractivity contribution in [2.75, 3.05) is 19.1 Å². The van der Waals surface area contributed by atoms with E-state index in [1.165, 1.54) is 5.56 Å². The number of nitrogens with two attached hydrogens (primary N) is 1. The van der Waals surface area contributed by atoms with Crippen LogP contribution in [-0.2, 0) is 22.3 Å². The number of aromatic amines is 1. The van der Waals surface area contributed by atoms with Crippen LogP contribution in [0.5, 0.6) is 5.75 Å². The van der Waals surface area contributed by atoms with Gasteiger partial charge in [-0.1, -0.05) is 43.3 Å². The highest BCUT2D eigenvalue weighted by atomic mass is 16.7. The Hall–Kier alpha value is -4.24. The summed E-state index contributed by atoms with van der Waals surface area (Å²) in [5.41, 5.74) is 9.74. The van der Waals surface area contributed by atoms with Crippen LogP contribution in [0.4, 0.5) is 5.82 Å². The van der Waals surface area contributed by atoms with Crippen LogP contribution in [0.2, 0.25) is 0 Å². The zero-order chi connectivity index (χ0) is 25.7. The highest BCUT2D eigenvalue weighted by Crippen LogP contribution is 2.40. The number of hydrogen-bond acceptors (Lipinski definition) is 8. The van der Waals surface area contributed by atoms with Gasteiger partial charge in [-0.05, 0) is 65.8 Å². The van der Waals surface area contributed by atoms with Crippen LogP contribution in [-0.4, -0.2) is 45.1 Å². The van der Waals surface area contributed by atoms with Crippen molar-refractivity contribution in [1.29, 1.82) is 0 Å². The Bertz CT molecular complexity index is 1370. The first-order valence-corrected chi connectivity index (χ1v) is 12.3. The first-order valence-electron chi connectivity index (χ1n) is 12.3. The summed E-state index contributed by atoms with van der Waals surface area (Å²) in [6.07, 6.45) is 4.79. The minimum Gasteiger partial charge on any atom is -0.491 e. The van der Waals surface area contributed by atoms with Gasteiger partial charge in [-0.3, -0.25) is 0 Å². The summed E-state index contributed by atoms with van der Waals surface area (Å²) >= 11 is 0. The quantitative estimate of drug-likeness (QED) is 0.231. The Kier molecular flexibility index (Phi) is 7.14. The minimum absolute atomic E-state index is 0.0518. The van der Waals surface area contributed by atoms with Crippen LogP contribution < -0.4 is 10.5 Å². The standard InChI is InChI=1S/C28H29N5O4/c1-2-20-8-9-22(16-23(20)21-10-13-30-24(29)15-21)35-17-28(11-12-28)37-18-36-27(34)26-31-25(32-33-26)14-19-6-4-3-5-7-19/h3-10,13,15-16H,2,11-12,14,17-18H2,1H3,(H2,29,30)(H,31,32,33). The van der Waals surface area contributed by atoms with Crippen LogP contribution in [0.25, 0.3) is 11.1 Å². The lowest BCUT2D eigenvalue weighted by Crippen LogP contribution is -2.26. The molecule has 5 rings (SSSR count). The fourth-order valence-electron chi connectivity index (χ4n) is 4.06.